The van der Waals surface area contributed by atoms with Crippen LogP contribution in [0.2, 0.25) is 0 Å². The summed E-state index contributed by atoms with van der Waals surface area (Å²) in [6, 6.07) is 17.3. The standard InChI is InChI=1S/C26H25N3O4/c1-4-31-21-12-18(9-10-20(21)32-14-17-7-5-15(2)6-8-17)23-19(13-27)25(28)33-22-11-16(3)29-26(30)24(22)23/h5-12,23H,4,14,28H2,1-3H3,(H,29,30)/t23-/m1/s1. The van der Waals surface area contributed by atoms with Gasteiger partial charge in [-0.3, -0.25) is 4.79 Å². The molecule has 2 aromatic carbocycles. The zero-order chi connectivity index (χ0) is 23.5. The highest BCUT2D eigenvalue weighted by Gasteiger charge is 2.34. The average molecular weight is 444 g/mol. The maximum Gasteiger partial charge on any atom is 0.256 e. The van der Waals surface area contributed by atoms with Crippen LogP contribution in [0.4, 0.5) is 0 Å². The molecule has 7 nitrogen and oxygen atoms in total. The second kappa shape index (κ2) is 9.13. The highest BCUT2D eigenvalue weighted by Crippen LogP contribution is 2.42. The average Bonchev–Trinajstić information content (AvgIpc) is 2.78. The van der Waals surface area contributed by atoms with Gasteiger partial charge in [0.15, 0.2) is 11.5 Å². The van der Waals surface area contributed by atoms with Crippen molar-refractivity contribution in [2.75, 3.05) is 6.61 Å². The minimum absolute atomic E-state index is 0.0161. The molecule has 3 aromatic rings. The first-order chi connectivity index (χ1) is 15.9. The van der Waals surface area contributed by atoms with Crippen LogP contribution < -0.4 is 25.5 Å². The van der Waals surface area contributed by atoms with E-state index in [0.717, 1.165) is 5.56 Å². The molecule has 2 heterocycles. The molecule has 168 valence electrons. The predicted octanol–water partition coefficient (Wildman–Crippen LogP) is 4.19. The molecule has 33 heavy (non-hydrogen) atoms. The van der Waals surface area contributed by atoms with E-state index < -0.39 is 5.92 Å². The molecule has 0 radical (unpaired) electrons. The highest BCUT2D eigenvalue weighted by molar-refractivity contribution is 5.57. The summed E-state index contributed by atoms with van der Waals surface area (Å²) in [5.74, 6) is 0.734. The zero-order valence-electron chi connectivity index (χ0n) is 18.8. The number of hydrogen-bond acceptors (Lipinski definition) is 6. The smallest absolute Gasteiger partial charge is 0.256 e. The molecular formula is C26H25N3O4. The van der Waals surface area contributed by atoms with Gasteiger partial charge in [-0.2, -0.15) is 5.26 Å². The van der Waals surface area contributed by atoms with Crippen LogP contribution in [0.5, 0.6) is 17.2 Å². The Morgan fingerprint density at radius 1 is 1.09 bits per heavy atom. The van der Waals surface area contributed by atoms with E-state index in [1.165, 1.54) is 5.56 Å². The second-order valence-corrected chi connectivity index (χ2v) is 7.90. The maximum absolute atomic E-state index is 12.8. The number of pyridine rings is 1. The van der Waals surface area contributed by atoms with Crippen molar-refractivity contribution < 1.29 is 14.2 Å². The number of aryl methyl sites for hydroxylation is 2. The first-order valence-corrected chi connectivity index (χ1v) is 10.7. The van der Waals surface area contributed by atoms with E-state index in [4.69, 9.17) is 19.9 Å². The number of nitrogens with two attached hydrogens (primary N) is 1. The third-order valence-corrected chi connectivity index (χ3v) is 5.47. The van der Waals surface area contributed by atoms with Gasteiger partial charge < -0.3 is 24.9 Å². The van der Waals surface area contributed by atoms with E-state index in [2.05, 4.69) is 11.1 Å². The van der Waals surface area contributed by atoms with Crippen molar-refractivity contribution >= 4 is 0 Å². The van der Waals surface area contributed by atoms with Gasteiger partial charge in [0, 0.05) is 11.8 Å². The minimum Gasteiger partial charge on any atom is -0.490 e. The quantitative estimate of drug-likeness (QED) is 0.591. The normalized spacial score (nSPS) is 14.8. The lowest BCUT2D eigenvalue weighted by Gasteiger charge is -2.26. The Hall–Kier alpha value is -4.18. The van der Waals surface area contributed by atoms with E-state index in [0.29, 0.717) is 47.3 Å². The van der Waals surface area contributed by atoms with Gasteiger partial charge in [0.1, 0.15) is 24.0 Å². The summed E-state index contributed by atoms with van der Waals surface area (Å²) in [4.78, 5) is 15.6. The molecule has 7 heteroatoms. The molecule has 0 bridgehead atoms. The fourth-order valence-corrected chi connectivity index (χ4v) is 3.88. The highest BCUT2D eigenvalue weighted by atomic mass is 16.5. The molecule has 0 saturated heterocycles. The summed E-state index contributed by atoms with van der Waals surface area (Å²) in [7, 11) is 0. The number of nitrogens with one attached hydrogen (secondary N) is 1. The SMILES string of the molecule is CCOc1cc([C@@H]2C(C#N)=C(N)Oc3cc(C)[nH]c(=O)c32)ccc1OCc1ccc(C)cc1. The molecule has 1 aliphatic heterocycles. The van der Waals surface area contributed by atoms with E-state index in [1.807, 2.05) is 44.2 Å². The van der Waals surface area contributed by atoms with Crippen molar-refractivity contribution in [1.29, 1.82) is 5.26 Å². The number of benzene rings is 2. The lowest BCUT2D eigenvalue weighted by molar-refractivity contribution is 0.269. The Bertz CT molecular complexity index is 1320. The van der Waals surface area contributed by atoms with Gasteiger partial charge in [-0.25, -0.2) is 0 Å². The third-order valence-electron chi connectivity index (χ3n) is 5.47. The molecule has 0 spiro atoms. The molecule has 0 aliphatic carbocycles. The topological polar surface area (TPSA) is 110 Å². The number of hydrogen-bond donors (Lipinski definition) is 2. The maximum atomic E-state index is 12.8. The van der Waals surface area contributed by atoms with E-state index in [9.17, 15) is 10.1 Å². The van der Waals surface area contributed by atoms with Crippen molar-refractivity contribution in [2.45, 2.75) is 33.3 Å². The number of H-pyrrole nitrogens is 1. The number of aromatic amines is 1. The Morgan fingerprint density at radius 2 is 1.85 bits per heavy atom. The van der Waals surface area contributed by atoms with Crippen molar-refractivity contribution in [2.24, 2.45) is 5.73 Å². The lowest BCUT2D eigenvalue weighted by Crippen LogP contribution is -2.28. The molecule has 1 aromatic heterocycles. The molecular weight excluding hydrogens is 418 g/mol. The molecule has 0 unspecified atom stereocenters. The predicted molar refractivity (Wildman–Crippen MR) is 124 cm³/mol. The van der Waals surface area contributed by atoms with Crippen LogP contribution in [0.1, 0.15) is 40.8 Å². The largest absolute Gasteiger partial charge is 0.490 e. The van der Waals surface area contributed by atoms with Crippen LogP contribution in [-0.4, -0.2) is 11.6 Å². The lowest BCUT2D eigenvalue weighted by atomic mass is 9.84. The molecule has 3 N–H and O–H groups in total. The van der Waals surface area contributed by atoms with Gasteiger partial charge in [-0.05, 0) is 44.0 Å². The van der Waals surface area contributed by atoms with E-state index >= 15 is 0 Å². The Morgan fingerprint density at radius 3 is 2.55 bits per heavy atom. The van der Waals surface area contributed by atoms with Crippen molar-refractivity contribution in [3.05, 3.63) is 98.3 Å². The molecule has 0 saturated carbocycles. The number of rotatable bonds is 6. The first kappa shape index (κ1) is 22.0. The van der Waals surface area contributed by atoms with Crippen molar-refractivity contribution in [3.63, 3.8) is 0 Å². The second-order valence-electron chi connectivity index (χ2n) is 7.90. The van der Waals surface area contributed by atoms with Gasteiger partial charge in [0.2, 0.25) is 5.88 Å². The van der Waals surface area contributed by atoms with Crippen molar-refractivity contribution in [3.8, 4) is 23.3 Å². The van der Waals surface area contributed by atoms with Crippen LogP contribution in [0, 0.1) is 25.2 Å². The van der Waals surface area contributed by atoms with Gasteiger partial charge in [-0.15, -0.1) is 0 Å². The molecule has 0 fully saturated rings. The van der Waals surface area contributed by atoms with Crippen LogP contribution in [0.3, 0.4) is 0 Å². The molecule has 1 aliphatic rings. The molecule has 1 atom stereocenters. The van der Waals surface area contributed by atoms with Gasteiger partial charge in [0.05, 0.1) is 18.1 Å². The Labute approximate surface area is 192 Å². The fourth-order valence-electron chi connectivity index (χ4n) is 3.88. The Kier molecular flexibility index (Phi) is 6.09. The van der Waals surface area contributed by atoms with Crippen LogP contribution in [-0.2, 0) is 6.61 Å². The summed E-state index contributed by atoms with van der Waals surface area (Å²) in [6.45, 7) is 6.49. The number of fused-ring (bicyclic) bond motifs is 1. The number of ether oxygens (including phenoxy) is 3. The van der Waals surface area contributed by atoms with Crippen LogP contribution in [0.25, 0.3) is 0 Å². The van der Waals surface area contributed by atoms with Gasteiger partial charge in [0.25, 0.3) is 5.56 Å². The first-order valence-electron chi connectivity index (χ1n) is 10.7. The number of aromatic nitrogens is 1. The number of nitriles is 1. The Balaban J connectivity index is 1.74. The fraction of sp³-hybridized carbons (Fsp3) is 0.231. The molecule has 0 amide bonds. The number of nitrogens with zero attached hydrogens (tertiary/aromatic N) is 1. The summed E-state index contributed by atoms with van der Waals surface area (Å²) >= 11 is 0. The summed E-state index contributed by atoms with van der Waals surface area (Å²) in [6.07, 6.45) is 0. The summed E-state index contributed by atoms with van der Waals surface area (Å²) < 4.78 is 17.5. The van der Waals surface area contributed by atoms with Crippen molar-refractivity contribution in [1.82, 2.24) is 4.98 Å². The monoisotopic (exact) mass is 443 g/mol. The molecule has 4 rings (SSSR count). The van der Waals surface area contributed by atoms with E-state index in [-0.39, 0.29) is 17.0 Å². The number of allylic oxidation sites excluding steroid dienone is 1. The van der Waals surface area contributed by atoms with Crippen LogP contribution >= 0.6 is 0 Å². The van der Waals surface area contributed by atoms with E-state index in [1.54, 1.807) is 25.1 Å². The van der Waals surface area contributed by atoms with Crippen LogP contribution in [0.15, 0.2) is 64.8 Å². The minimum atomic E-state index is -0.687. The third kappa shape index (κ3) is 4.41. The summed E-state index contributed by atoms with van der Waals surface area (Å²) in [5.41, 5.74) is 9.77. The zero-order valence-corrected chi connectivity index (χ0v) is 18.8. The van der Waals surface area contributed by atoms with Gasteiger partial charge >= 0.3 is 0 Å². The summed E-state index contributed by atoms with van der Waals surface area (Å²) in [5, 5.41) is 9.79. The van der Waals surface area contributed by atoms with Gasteiger partial charge in [-0.1, -0.05) is 35.9 Å².